The summed E-state index contributed by atoms with van der Waals surface area (Å²) < 4.78 is 0. The highest BCUT2D eigenvalue weighted by molar-refractivity contribution is 6.36. The first-order chi connectivity index (χ1) is 16.8. The van der Waals surface area contributed by atoms with E-state index in [-0.39, 0.29) is 17.3 Å². The zero-order chi connectivity index (χ0) is 24.6. The fourth-order valence-electron chi connectivity index (χ4n) is 6.35. The predicted octanol–water partition coefficient (Wildman–Crippen LogP) is 6.32. The molecule has 0 N–H and O–H groups in total. The number of halogens is 2. The number of carbonyl (C=O) groups is 3. The number of fused-ring (bicyclic) bond motifs is 5. The Morgan fingerprint density at radius 1 is 0.943 bits per heavy atom. The lowest BCUT2D eigenvalue weighted by atomic mass is 9.64. The normalized spacial score (nSPS) is 23.4. The Morgan fingerprint density at radius 2 is 1.63 bits per heavy atom. The molecule has 174 valence electrons. The first kappa shape index (κ1) is 22.3. The lowest BCUT2D eigenvalue weighted by Crippen LogP contribution is -2.48. The molecule has 1 saturated heterocycles. The molecule has 0 bridgehead atoms. The second kappa shape index (κ2) is 7.64. The van der Waals surface area contributed by atoms with Crippen LogP contribution in [0.15, 0.2) is 66.7 Å². The molecule has 3 aromatic rings. The van der Waals surface area contributed by atoms with Gasteiger partial charge in [0.25, 0.3) is 0 Å². The average molecular weight is 502 g/mol. The van der Waals surface area contributed by atoms with Crippen molar-refractivity contribution >= 4 is 52.3 Å². The van der Waals surface area contributed by atoms with Gasteiger partial charge < -0.3 is 4.90 Å². The number of rotatable bonds is 2. The second-order valence-electron chi connectivity index (χ2n) is 9.55. The molecular formula is C29H21Cl2NO3. The molecule has 2 heterocycles. The van der Waals surface area contributed by atoms with Crippen LogP contribution >= 0.6 is 23.2 Å². The summed E-state index contributed by atoms with van der Waals surface area (Å²) in [5.74, 6) is -1.47. The monoisotopic (exact) mass is 501 g/mol. The second-order valence-corrected chi connectivity index (χ2v) is 10.4. The van der Waals surface area contributed by atoms with E-state index in [2.05, 4.69) is 0 Å². The minimum absolute atomic E-state index is 0.138. The summed E-state index contributed by atoms with van der Waals surface area (Å²) >= 11 is 12.9. The molecule has 3 atom stereocenters. The minimum atomic E-state index is -1.53. The maximum Gasteiger partial charge on any atom is 0.180 e. The molecule has 6 heteroatoms. The van der Waals surface area contributed by atoms with Gasteiger partial charge in [-0.25, -0.2) is 0 Å². The maximum atomic E-state index is 14.3. The number of hydrogen-bond donors (Lipinski definition) is 0. The van der Waals surface area contributed by atoms with E-state index in [4.69, 9.17) is 23.2 Å². The van der Waals surface area contributed by atoms with Gasteiger partial charge in [0.15, 0.2) is 17.3 Å². The van der Waals surface area contributed by atoms with E-state index in [1.54, 1.807) is 42.5 Å². The third kappa shape index (κ3) is 2.84. The summed E-state index contributed by atoms with van der Waals surface area (Å²) in [6, 6.07) is 16.5. The fraction of sp³-hybridized carbons (Fsp3) is 0.207. The first-order valence-electron chi connectivity index (χ1n) is 11.5. The van der Waals surface area contributed by atoms with Crippen molar-refractivity contribution in [3.63, 3.8) is 0 Å². The number of Topliss-reactive ketones (excluding diaryl/α,β-unsaturated/α-hetero) is 3. The van der Waals surface area contributed by atoms with Crippen LogP contribution in [0.4, 0.5) is 5.69 Å². The van der Waals surface area contributed by atoms with E-state index in [1.807, 2.05) is 42.2 Å². The number of aryl methyl sites for hydroxylation is 1. The van der Waals surface area contributed by atoms with Crippen LogP contribution in [0.2, 0.25) is 10.0 Å². The van der Waals surface area contributed by atoms with Crippen molar-refractivity contribution in [2.45, 2.75) is 31.8 Å². The lowest BCUT2D eigenvalue weighted by Gasteiger charge is -2.37. The molecule has 35 heavy (non-hydrogen) atoms. The highest BCUT2D eigenvalue weighted by Crippen LogP contribution is 2.61. The van der Waals surface area contributed by atoms with Crippen molar-refractivity contribution < 1.29 is 14.4 Å². The van der Waals surface area contributed by atoms with Crippen molar-refractivity contribution in [2.75, 3.05) is 4.90 Å². The van der Waals surface area contributed by atoms with Gasteiger partial charge in [0, 0.05) is 32.8 Å². The van der Waals surface area contributed by atoms with Gasteiger partial charge in [-0.05, 0) is 49.2 Å². The first-order valence-corrected chi connectivity index (χ1v) is 12.2. The largest absolute Gasteiger partial charge is 0.352 e. The summed E-state index contributed by atoms with van der Waals surface area (Å²) in [6.07, 6.45) is 3.86. The molecule has 1 spiro atoms. The molecule has 6 rings (SSSR count). The molecule has 0 aromatic heterocycles. The van der Waals surface area contributed by atoms with Gasteiger partial charge in [0.05, 0.1) is 12.1 Å². The molecule has 4 nitrogen and oxygen atoms in total. The van der Waals surface area contributed by atoms with Crippen LogP contribution < -0.4 is 4.90 Å². The Labute approximate surface area is 213 Å². The number of hydrogen-bond acceptors (Lipinski definition) is 4. The van der Waals surface area contributed by atoms with Crippen molar-refractivity contribution in [1.29, 1.82) is 0 Å². The van der Waals surface area contributed by atoms with Gasteiger partial charge in [-0.15, -0.1) is 0 Å². The smallest absolute Gasteiger partial charge is 0.180 e. The zero-order valence-corrected chi connectivity index (χ0v) is 20.6. The van der Waals surface area contributed by atoms with Gasteiger partial charge in [-0.2, -0.15) is 0 Å². The summed E-state index contributed by atoms with van der Waals surface area (Å²) in [7, 11) is 0. The Morgan fingerprint density at radius 3 is 2.26 bits per heavy atom. The zero-order valence-electron chi connectivity index (χ0n) is 19.1. The SMILES string of the molecule is CC(=O)[C@H]1[C@H](c2ccc(Cl)cc2Cl)C2(C(=O)c3ccccc3C2=O)[C@@H]2C=Cc3cc(C)ccc3N21. The number of carbonyl (C=O) groups excluding carboxylic acids is 3. The molecule has 2 aliphatic heterocycles. The highest BCUT2D eigenvalue weighted by Gasteiger charge is 2.71. The highest BCUT2D eigenvalue weighted by atomic mass is 35.5. The quantitative estimate of drug-likeness (QED) is 0.385. The van der Waals surface area contributed by atoms with Crippen LogP contribution in [0.25, 0.3) is 6.08 Å². The molecule has 3 aromatic carbocycles. The summed E-state index contributed by atoms with van der Waals surface area (Å²) in [6.45, 7) is 3.52. The van der Waals surface area contributed by atoms with Crippen LogP contribution in [0.3, 0.4) is 0 Å². The van der Waals surface area contributed by atoms with E-state index in [9.17, 15) is 14.4 Å². The Balaban J connectivity index is 1.70. The maximum absolute atomic E-state index is 14.3. The summed E-state index contributed by atoms with van der Waals surface area (Å²) in [5, 5.41) is 0.772. The van der Waals surface area contributed by atoms with E-state index < -0.39 is 23.4 Å². The Hall–Kier alpha value is -3.21. The standard InChI is InChI=1S/C29H21Cl2NO3/c1-15-7-11-23-17(13-15)8-12-24-29(27(34)19-5-3-4-6-20(19)28(29)35)25(26(16(2)33)32(23)24)21-10-9-18(30)14-22(21)31/h3-14,24-26H,1-2H3/t24-,25-,26-/m0/s1. The lowest BCUT2D eigenvalue weighted by molar-refractivity contribution is -0.118. The number of ketones is 3. The van der Waals surface area contributed by atoms with Gasteiger partial charge in [-0.1, -0.05) is 77.3 Å². The van der Waals surface area contributed by atoms with Crippen LogP contribution in [-0.4, -0.2) is 29.4 Å². The van der Waals surface area contributed by atoms with Crippen LogP contribution in [0.1, 0.15) is 50.2 Å². The number of nitrogens with zero attached hydrogens (tertiary/aromatic N) is 1. The molecule has 0 unspecified atom stereocenters. The number of benzene rings is 3. The molecule has 1 fully saturated rings. The molecule has 1 aliphatic carbocycles. The molecule has 0 radical (unpaired) electrons. The van der Waals surface area contributed by atoms with Crippen molar-refractivity contribution in [1.82, 2.24) is 0 Å². The number of anilines is 1. The molecule has 0 amide bonds. The fourth-order valence-corrected chi connectivity index (χ4v) is 6.87. The van der Waals surface area contributed by atoms with Gasteiger partial charge in [0.2, 0.25) is 0 Å². The van der Waals surface area contributed by atoms with Gasteiger partial charge in [0.1, 0.15) is 5.41 Å². The molecule has 3 aliphatic rings. The van der Waals surface area contributed by atoms with E-state index in [0.717, 1.165) is 16.8 Å². The van der Waals surface area contributed by atoms with Crippen molar-refractivity contribution in [3.8, 4) is 0 Å². The van der Waals surface area contributed by atoms with Crippen LogP contribution in [0, 0.1) is 12.3 Å². The molecular weight excluding hydrogens is 481 g/mol. The van der Waals surface area contributed by atoms with E-state index in [0.29, 0.717) is 26.7 Å². The minimum Gasteiger partial charge on any atom is -0.352 e. The third-order valence-corrected chi connectivity index (χ3v) is 8.24. The van der Waals surface area contributed by atoms with Crippen LogP contribution in [0.5, 0.6) is 0 Å². The van der Waals surface area contributed by atoms with Crippen LogP contribution in [-0.2, 0) is 4.79 Å². The predicted molar refractivity (Wildman–Crippen MR) is 138 cm³/mol. The third-order valence-electron chi connectivity index (χ3n) is 7.67. The topological polar surface area (TPSA) is 54.5 Å². The van der Waals surface area contributed by atoms with Crippen molar-refractivity contribution in [2.24, 2.45) is 5.41 Å². The average Bonchev–Trinajstić information content (AvgIpc) is 3.26. The molecule has 0 saturated carbocycles. The van der Waals surface area contributed by atoms with E-state index >= 15 is 0 Å². The Bertz CT molecular complexity index is 1460. The van der Waals surface area contributed by atoms with Crippen molar-refractivity contribution in [3.05, 3.63) is 105 Å². The van der Waals surface area contributed by atoms with Gasteiger partial charge >= 0.3 is 0 Å². The van der Waals surface area contributed by atoms with E-state index in [1.165, 1.54) is 6.92 Å². The summed E-state index contributed by atoms with van der Waals surface area (Å²) in [5.41, 5.74) is 2.67. The van der Waals surface area contributed by atoms with Gasteiger partial charge in [-0.3, -0.25) is 14.4 Å². The Kier molecular flexibility index (Phi) is 4.86. The summed E-state index contributed by atoms with van der Waals surface area (Å²) in [4.78, 5) is 44.0.